The van der Waals surface area contributed by atoms with E-state index in [1.54, 1.807) is 0 Å². The van der Waals surface area contributed by atoms with Crippen molar-refractivity contribution in [2.75, 3.05) is 19.8 Å². The highest BCUT2D eigenvalue weighted by atomic mass is 16.5. The van der Waals surface area contributed by atoms with Crippen LogP contribution in [-0.2, 0) is 4.74 Å². The van der Waals surface area contributed by atoms with Crippen molar-refractivity contribution in [1.82, 2.24) is 10.3 Å². The number of aryl methyl sites for hydroxylation is 1. The lowest BCUT2D eigenvalue weighted by Crippen LogP contribution is -2.36. The van der Waals surface area contributed by atoms with Gasteiger partial charge in [0, 0.05) is 31.6 Å². The van der Waals surface area contributed by atoms with Crippen molar-refractivity contribution in [3.8, 4) is 0 Å². The predicted molar refractivity (Wildman–Crippen MR) is 90.1 cm³/mol. The highest BCUT2D eigenvalue weighted by Gasteiger charge is 2.23. The minimum absolute atomic E-state index is 0.697. The van der Waals surface area contributed by atoms with Crippen LogP contribution in [0.3, 0.4) is 0 Å². The predicted octanol–water partition coefficient (Wildman–Crippen LogP) is 3.82. The molecule has 1 aliphatic carbocycles. The average molecular weight is 302 g/mol. The number of ether oxygens (including phenoxy) is 1. The zero-order valence-electron chi connectivity index (χ0n) is 13.9. The molecule has 22 heavy (non-hydrogen) atoms. The van der Waals surface area contributed by atoms with Gasteiger partial charge in [-0.05, 0) is 87.4 Å². The lowest BCUT2D eigenvalue weighted by Gasteiger charge is -2.30. The fourth-order valence-electron chi connectivity index (χ4n) is 4.06. The van der Waals surface area contributed by atoms with Crippen LogP contribution in [0.25, 0.3) is 0 Å². The Kier molecular flexibility index (Phi) is 5.85. The molecule has 3 rings (SSSR count). The number of aromatic nitrogens is 1. The van der Waals surface area contributed by atoms with Crippen molar-refractivity contribution in [2.45, 2.75) is 63.8 Å². The molecule has 0 unspecified atom stereocenters. The van der Waals surface area contributed by atoms with Gasteiger partial charge in [-0.1, -0.05) is 0 Å². The third-order valence-electron chi connectivity index (χ3n) is 5.57. The molecule has 2 fully saturated rings. The summed E-state index contributed by atoms with van der Waals surface area (Å²) < 4.78 is 5.41. The third kappa shape index (κ3) is 4.30. The Morgan fingerprint density at radius 2 is 1.91 bits per heavy atom. The van der Waals surface area contributed by atoms with E-state index in [-0.39, 0.29) is 0 Å². The van der Waals surface area contributed by atoms with Crippen LogP contribution in [0.4, 0.5) is 0 Å². The van der Waals surface area contributed by atoms with Gasteiger partial charge in [-0.25, -0.2) is 0 Å². The van der Waals surface area contributed by atoms with Crippen molar-refractivity contribution in [3.05, 3.63) is 29.6 Å². The summed E-state index contributed by atoms with van der Waals surface area (Å²) in [6.07, 6.45) is 13.2. The van der Waals surface area contributed by atoms with E-state index in [9.17, 15) is 0 Å². The second-order valence-corrected chi connectivity index (χ2v) is 7.08. The Bertz CT molecular complexity index is 449. The Morgan fingerprint density at radius 3 is 2.64 bits per heavy atom. The molecular formula is C19H30N2O. The molecule has 0 atom stereocenters. The molecule has 3 nitrogen and oxygen atoms in total. The summed E-state index contributed by atoms with van der Waals surface area (Å²) >= 11 is 0. The van der Waals surface area contributed by atoms with Gasteiger partial charge in [0.25, 0.3) is 0 Å². The van der Waals surface area contributed by atoms with E-state index in [1.807, 2.05) is 6.20 Å². The maximum Gasteiger partial charge on any atom is 0.0480 e. The minimum atomic E-state index is 0.697. The monoisotopic (exact) mass is 302 g/mol. The van der Waals surface area contributed by atoms with Gasteiger partial charge in [-0.15, -0.1) is 0 Å². The first-order valence-corrected chi connectivity index (χ1v) is 9.04. The van der Waals surface area contributed by atoms with Crippen molar-refractivity contribution in [1.29, 1.82) is 0 Å². The number of pyridine rings is 1. The molecule has 1 N–H and O–H groups in total. The lowest BCUT2D eigenvalue weighted by molar-refractivity contribution is 0.0775. The Hall–Kier alpha value is -0.930. The fourth-order valence-corrected chi connectivity index (χ4v) is 4.06. The molecule has 0 radical (unpaired) electrons. The van der Waals surface area contributed by atoms with E-state index < -0.39 is 0 Å². The fraction of sp³-hybridized carbons (Fsp3) is 0.737. The molecule has 2 aliphatic rings. The quantitative estimate of drug-likeness (QED) is 0.898. The van der Waals surface area contributed by atoms with Crippen molar-refractivity contribution < 1.29 is 4.74 Å². The average Bonchev–Trinajstić information content (AvgIpc) is 2.57. The first-order valence-electron chi connectivity index (χ1n) is 9.04. The molecule has 1 saturated heterocycles. The van der Waals surface area contributed by atoms with Crippen LogP contribution in [0.2, 0.25) is 0 Å². The zero-order chi connectivity index (χ0) is 15.2. The van der Waals surface area contributed by atoms with Crippen molar-refractivity contribution in [3.63, 3.8) is 0 Å². The van der Waals surface area contributed by atoms with Gasteiger partial charge in [0.05, 0.1) is 0 Å². The molecule has 0 amide bonds. The maximum atomic E-state index is 5.41. The van der Waals surface area contributed by atoms with E-state index in [0.717, 1.165) is 25.0 Å². The second-order valence-electron chi connectivity index (χ2n) is 7.08. The van der Waals surface area contributed by atoms with E-state index in [2.05, 4.69) is 29.5 Å². The summed E-state index contributed by atoms with van der Waals surface area (Å²) in [6.45, 7) is 5.29. The first kappa shape index (κ1) is 15.9. The van der Waals surface area contributed by atoms with Gasteiger partial charge in [-0.3, -0.25) is 4.98 Å². The molecule has 1 saturated carbocycles. The summed E-state index contributed by atoms with van der Waals surface area (Å²) in [6, 6.07) is 2.85. The van der Waals surface area contributed by atoms with Gasteiger partial charge in [0.1, 0.15) is 0 Å². The molecule has 1 aromatic rings. The molecule has 2 heterocycles. The molecule has 1 aliphatic heterocycles. The number of rotatable bonds is 5. The zero-order valence-corrected chi connectivity index (χ0v) is 13.9. The summed E-state index contributed by atoms with van der Waals surface area (Å²) in [5.74, 6) is 1.66. The SMILES string of the molecule is Cc1ccncc1[C@H]1CC[C@@H](CCNC2CCOCC2)CC1. The topological polar surface area (TPSA) is 34.2 Å². The van der Waals surface area contributed by atoms with Crippen molar-refractivity contribution in [2.24, 2.45) is 5.92 Å². The van der Waals surface area contributed by atoms with Crippen LogP contribution >= 0.6 is 0 Å². The van der Waals surface area contributed by atoms with Gasteiger partial charge in [0.15, 0.2) is 0 Å². The van der Waals surface area contributed by atoms with E-state index >= 15 is 0 Å². The molecule has 1 aromatic heterocycles. The molecule has 0 bridgehead atoms. The summed E-state index contributed by atoms with van der Waals surface area (Å²) in [5, 5.41) is 3.73. The maximum absolute atomic E-state index is 5.41. The molecule has 0 aromatic carbocycles. The van der Waals surface area contributed by atoms with Crippen LogP contribution in [0, 0.1) is 12.8 Å². The van der Waals surface area contributed by atoms with E-state index in [0.29, 0.717) is 6.04 Å². The molecule has 0 spiro atoms. The van der Waals surface area contributed by atoms with E-state index in [1.165, 1.54) is 62.6 Å². The first-order chi connectivity index (χ1) is 10.8. The van der Waals surface area contributed by atoms with Crippen LogP contribution in [0.5, 0.6) is 0 Å². The molecule has 3 heteroatoms. The molecule has 122 valence electrons. The normalized spacial score (nSPS) is 27.0. The number of hydrogen-bond donors (Lipinski definition) is 1. The number of hydrogen-bond acceptors (Lipinski definition) is 3. The summed E-state index contributed by atoms with van der Waals surface area (Å²) in [5.41, 5.74) is 2.90. The Morgan fingerprint density at radius 1 is 1.14 bits per heavy atom. The van der Waals surface area contributed by atoms with Gasteiger partial charge in [-0.2, -0.15) is 0 Å². The number of nitrogens with one attached hydrogen (secondary N) is 1. The van der Waals surface area contributed by atoms with E-state index in [4.69, 9.17) is 4.74 Å². The minimum Gasteiger partial charge on any atom is -0.381 e. The smallest absolute Gasteiger partial charge is 0.0480 e. The number of nitrogens with zero attached hydrogens (tertiary/aromatic N) is 1. The highest BCUT2D eigenvalue weighted by Crippen LogP contribution is 2.37. The summed E-state index contributed by atoms with van der Waals surface area (Å²) in [4.78, 5) is 4.32. The third-order valence-corrected chi connectivity index (χ3v) is 5.57. The molecular weight excluding hydrogens is 272 g/mol. The van der Waals surface area contributed by atoms with Crippen LogP contribution < -0.4 is 5.32 Å². The van der Waals surface area contributed by atoms with Gasteiger partial charge >= 0.3 is 0 Å². The Balaban J connectivity index is 1.37. The van der Waals surface area contributed by atoms with Gasteiger partial charge in [0.2, 0.25) is 0 Å². The van der Waals surface area contributed by atoms with Crippen LogP contribution in [-0.4, -0.2) is 30.8 Å². The standard InChI is InChI=1S/C19H30N2O/c1-15-6-10-20-14-19(15)17-4-2-16(3-5-17)7-11-21-18-8-12-22-13-9-18/h6,10,14,16-18,21H,2-5,7-9,11-13H2,1H3/t16-,17+. The largest absolute Gasteiger partial charge is 0.381 e. The van der Waals surface area contributed by atoms with Crippen LogP contribution in [0.1, 0.15) is 62.0 Å². The van der Waals surface area contributed by atoms with Gasteiger partial charge < -0.3 is 10.1 Å². The van der Waals surface area contributed by atoms with Crippen LogP contribution in [0.15, 0.2) is 18.5 Å². The summed E-state index contributed by atoms with van der Waals surface area (Å²) in [7, 11) is 0. The second kappa shape index (κ2) is 8.07. The van der Waals surface area contributed by atoms with Crippen molar-refractivity contribution >= 4 is 0 Å². The Labute approximate surface area is 134 Å². The highest BCUT2D eigenvalue weighted by molar-refractivity contribution is 5.25. The lowest BCUT2D eigenvalue weighted by atomic mass is 9.77.